The SMILES string of the molecule is O=C1C(O)=C(S(=O)(=O)c2ccc(Cl)cc2)[C@H](c2ccc(Cl)cc2)N1CCN1CCOCC1. The maximum absolute atomic E-state index is 13.5. The largest absolute Gasteiger partial charge is 0.502 e. The Labute approximate surface area is 196 Å². The minimum atomic E-state index is -4.18. The lowest BCUT2D eigenvalue weighted by Crippen LogP contribution is -2.43. The zero-order valence-electron chi connectivity index (χ0n) is 17.1. The van der Waals surface area contributed by atoms with Crippen molar-refractivity contribution in [3.05, 3.63) is 74.8 Å². The number of halogens is 2. The number of aliphatic hydroxyl groups is 1. The summed E-state index contributed by atoms with van der Waals surface area (Å²) in [7, 11) is -4.18. The normalized spacial score (nSPS) is 20.2. The summed E-state index contributed by atoms with van der Waals surface area (Å²) >= 11 is 11.9. The number of carbonyl (C=O) groups is 1. The second-order valence-corrected chi connectivity index (χ2v) is 10.4. The van der Waals surface area contributed by atoms with Gasteiger partial charge in [0.1, 0.15) is 4.91 Å². The molecule has 2 aliphatic heterocycles. The van der Waals surface area contributed by atoms with Crippen LogP contribution in [0.3, 0.4) is 0 Å². The topological polar surface area (TPSA) is 87.1 Å². The first-order valence-electron chi connectivity index (χ1n) is 10.1. The molecule has 4 rings (SSSR count). The number of benzene rings is 2. The van der Waals surface area contributed by atoms with E-state index < -0.39 is 27.5 Å². The van der Waals surface area contributed by atoms with Crippen molar-refractivity contribution in [3.8, 4) is 0 Å². The van der Waals surface area contributed by atoms with Crippen LogP contribution in [-0.2, 0) is 19.4 Å². The number of amides is 1. The smallest absolute Gasteiger partial charge is 0.290 e. The van der Waals surface area contributed by atoms with Crippen molar-refractivity contribution in [2.24, 2.45) is 0 Å². The quantitative estimate of drug-likeness (QED) is 0.658. The third-order valence-electron chi connectivity index (χ3n) is 5.62. The number of rotatable bonds is 6. The van der Waals surface area contributed by atoms with E-state index in [0.29, 0.717) is 35.4 Å². The van der Waals surface area contributed by atoms with Crippen LogP contribution in [0.2, 0.25) is 10.0 Å². The van der Waals surface area contributed by atoms with Gasteiger partial charge in [-0.25, -0.2) is 8.42 Å². The van der Waals surface area contributed by atoms with E-state index in [0.717, 1.165) is 13.1 Å². The Kier molecular flexibility index (Phi) is 6.78. The first-order chi connectivity index (χ1) is 15.3. The number of hydrogen-bond donors (Lipinski definition) is 1. The number of hydrogen-bond acceptors (Lipinski definition) is 6. The number of sulfone groups is 1. The molecule has 0 aromatic heterocycles. The standard InChI is InChI=1S/C22H22Cl2N2O5S/c23-16-3-1-15(2-4-16)19-21(32(29,30)18-7-5-17(24)6-8-18)20(27)22(28)26(19)10-9-25-11-13-31-14-12-25/h1-8,19,27H,9-14H2/t19-/m0/s1. The van der Waals surface area contributed by atoms with Crippen molar-refractivity contribution in [2.75, 3.05) is 39.4 Å². The van der Waals surface area contributed by atoms with E-state index in [4.69, 9.17) is 27.9 Å². The molecule has 0 unspecified atom stereocenters. The summed E-state index contributed by atoms with van der Waals surface area (Å²) in [4.78, 5) is 16.2. The summed E-state index contributed by atoms with van der Waals surface area (Å²) in [5, 5.41) is 11.6. The van der Waals surface area contributed by atoms with Crippen LogP contribution in [0, 0.1) is 0 Å². The van der Waals surface area contributed by atoms with Crippen LogP contribution in [-0.4, -0.2) is 68.6 Å². The number of ether oxygens (including phenoxy) is 1. The van der Waals surface area contributed by atoms with Crippen LogP contribution in [0.4, 0.5) is 0 Å². The van der Waals surface area contributed by atoms with Crippen molar-refractivity contribution in [2.45, 2.75) is 10.9 Å². The lowest BCUT2D eigenvalue weighted by molar-refractivity contribution is -0.129. The monoisotopic (exact) mass is 496 g/mol. The van der Waals surface area contributed by atoms with E-state index in [9.17, 15) is 18.3 Å². The Bertz CT molecular complexity index is 1130. The van der Waals surface area contributed by atoms with Gasteiger partial charge in [-0.15, -0.1) is 0 Å². The summed E-state index contributed by atoms with van der Waals surface area (Å²) in [6.45, 7) is 3.44. The highest BCUT2D eigenvalue weighted by atomic mass is 35.5. The molecular formula is C22H22Cl2N2O5S. The summed E-state index contributed by atoms with van der Waals surface area (Å²) in [6, 6.07) is 11.2. The highest BCUT2D eigenvalue weighted by Gasteiger charge is 2.46. The third-order valence-corrected chi connectivity index (χ3v) is 8.01. The van der Waals surface area contributed by atoms with Crippen LogP contribution in [0.1, 0.15) is 11.6 Å². The van der Waals surface area contributed by atoms with Gasteiger partial charge < -0.3 is 14.7 Å². The Morgan fingerprint density at radius 1 is 0.938 bits per heavy atom. The number of nitrogens with zero attached hydrogens (tertiary/aromatic N) is 2. The van der Waals surface area contributed by atoms with E-state index in [1.807, 2.05) is 0 Å². The molecule has 1 saturated heterocycles. The Balaban J connectivity index is 1.73. The van der Waals surface area contributed by atoms with Crippen LogP contribution >= 0.6 is 23.2 Å². The van der Waals surface area contributed by atoms with E-state index in [1.165, 1.54) is 29.2 Å². The highest BCUT2D eigenvalue weighted by molar-refractivity contribution is 7.95. The van der Waals surface area contributed by atoms with Gasteiger partial charge >= 0.3 is 0 Å². The molecule has 0 radical (unpaired) electrons. The fraction of sp³-hybridized carbons (Fsp3) is 0.318. The number of morpholine rings is 1. The zero-order valence-corrected chi connectivity index (χ0v) is 19.4. The molecule has 2 heterocycles. The predicted octanol–water partition coefficient (Wildman–Crippen LogP) is 3.45. The molecule has 1 amide bonds. The first kappa shape index (κ1) is 23.1. The van der Waals surface area contributed by atoms with Crippen molar-refractivity contribution >= 4 is 38.9 Å². The minimum Gasteiger partial charge on any atom is -0.502 e. The average molecular weight is 497 g/mol. The van der Waals surface area contributed by atoms with Gasteiger partial charge in [-0.2, -0.15) is 0 Å². The lowest BCUT2D eigenvalue weighted by atomic mass is 10.1. The molecule has 0 aliphatic carbocycles. The van der Waals surface area contributed by atoms with Gasteiger partial charge in [0.25, 0.3) is 5.91 Å². The molecule has 2 aromatic rings. The van der Waals surface area contributed by atoms with Gasteiger partial charge in [0.05, 0.1) is 24.2 Å². The maximum atomic E-state index is 13.5. The molecule has 7 nitrogen and oxygen atoms in total. The molecule has 1 N–H and O–H groups in total. The molecule has 32 heavy (non-hydrogen) atoms. The number of aliphatic hydroxyl groups excluding tert-OH is 1. The van der Waals surface area contributed by atoms with Crippen molar-refractivity contribution in [1.29, 1.82) is 0 Å². The van der Waals surface area contributed by atoms with Crippen LogP contribution < -0.4 is 0 Å². The van der Waals surface area contributed by atoms with Gasteiger partial charge in [0.15, 0.2) is 5.76 Å². The van der Waals surface area contributed by atoms with Crippen molar-refractivity contribution in [1.82, 2.24) is 9.80 Å². The highest BCUT2D eigenvalue weighted by Crippen LogP contribution is 2.42. The van der Waals surface area contributed by atoms with Gasteiger partial charge in [-0.05, 0) is 42.0 Å². The fourth-order valence-corrected chi connectivity index (χ4v) is 5.83. The molecule has 2 aromatic carbocycles. The molecular weight excluding hydrogens is 475 g/mol. The molecule has 0 saturated carbocycles. The van der Waals surface area contributed by atoms with Gasteiger partial charge in [0.2, 0.25) is 9.84 Å². The van der Waals surface area contributed by atoms with Gasteiger partial charge in [-0.3, -0.25) is 9.69 Å². The van der Waals surface area contributed by atoms with E-state index in [-0.39, 0.29) is 16.3 Å². The van der Waals surface area contributed by atoms with Crippen LogP contribution in [0.25, 0.3) is 0 Å². The summed E-state index contributed by atoms with van der Waals surface area (Å²) in [5.74, 6) is -1.48. The summed E-state index contributed by atoms with van der Waals surface area (Å²) in [5.41, 5.74) is 0.543. The third kappa shape index (κ3) is 4.51. The maximum Gasteiger partial charge on any atom is 0.290 e. The van der Waals surface area contributed by atoms with E-state index >= 15 is 0 Å². The summed E-state index contributed by atoms with van der Waals surface area (Å²) < 4.78 is 32.4. The molecule has 2 aliphatic rings. The van der Waals surface area contributed by atoms with Crippen molar-refractivity contribution in [3.63, 3.8) is 0 Å². The lowest BCUT2D eigenvalue weighted by Gasteiger charge is -2.31. The Morgan fingerprint density at radius 3 is 2.09 bits per heavy atom. The fourth-order valence-electron chi connectivity index (χ4n) is 3.93. The minimum absolute atomic E-state index is 0.0507. The van der Waals surface area contributed by atoms with E-state index in [1.54, 1.807) is 24.3 Å². The molecule has 1 fully saturated rings. The summed E-state index contributed by atoms with van der Waals surface area (Å²) in [6.07, 6.45) is 0. The zero-order chi connectivity index (χ0) is 22.9. The Morgan fingerprint density at radius 2 is 1.50 bits per heavy atom. The van der Waals surface area contributed by atoms with Crippen LogP contribution in [0.5, 0.6) is 0 Å². The van der Waals surface area contributed by atoms with E-state index in [2.05, 4.69) is 4.90 Å². The first-order valence-corrected chi connectivity index (χ1v) is 12.3. The second kappa shape index (κ2) is 9.41. The second-order valence-electron chi connectivity index (χ2n) is 7.58. The molecule has 0 spiro atoms. The van der Waals surface area contributed by atoms with Gasteiger partial charge in [0, 0.05) is 36.2 Å². The molecule has 10 heteroatoms. The molecule has 0 bridgehead atoms. The van der Waals surface area contributed by atoms with Crippen molar-refractivity contribution < 1.29 is 23.1 Å². The number of carbonyl (C=O) groups excluding carboxylic acids is 1. The van der Waals surface area contributed by atoms with Gasteiger partial charge in [-0.1, -0.05) is 35.3 Å². The molecule has 170 valence electrons. The Hall–Kier alpha value is -2.10. The predicted molar refractivity (Wildman–Crippen MR) is 121 cm³/mol. The average Bonchev–Trinajstić information content (AvgIpc) is 3.04. The van der Waals surface area contributed by atoms with Crippen LogP contribution in [0.15, 0.2) is 64.1 Å². The molecule has 1 atom stereocenters.